The van der Waals surface area contributed by atoms with Gasteiger partial charge in [-0.15, -0.1) is 11.3 Å². The van der Waals surface area contributed by atoms with Gasteiger partial charge in [-0.05, 0) is 43.7 Å². The number of aryl methyl sites for hydroxylation is 1. The van der Waals surface area contributed by atoms with Gasteiger partial charge < -0.3 is 10.6 Å². The lowest BCUT2D eigenvalue weighted by molar-refractivity contribution is -0.275. The molecule has 1 aliphatic heterocycles. The first-order valence-electron chi connectivity index (χ1n) is 7.68. The normalized spacial score (nSPS) is 21.5. The van der Waals surface area contributed by atoms with E-state index in [4.69, 9.17) is 33.8 Å². The van der Waals surface area contributed by atoms with Gasteiger partial charge in [0.25, 0.3) is 5.60 Å². The van der Waals surface area contributed by atoms with E-state index in [0.717, 1.165) is 10.4 Å². The van der Waals surface area contributed by atoms with Crippen molar-refractivity contribution in [2.75, 3.05) is 0 Å². The number of alkyl halides is 3. The SMILES string of the molecule is Cc1cc(C2=NOC(c3cc(Cl)cc(Cl)c3)(C(F)(F)F)C2)sc1C(C)N. The minimum Gasteiger partial charge on any atom is -0.374 e. The average molecular weight is 423 g/mol. The van der Waals surface area contributed by atoms with E-state index >= 15 is 0 Å². The third kappa shape index (κ3) is 3.33. The number of hydrogen-bond acceptors (Lipinski definition) is 4. The van der Waals surface area contributed by atoms with Crippen LogP contribution in [-0.4, -0.2) is 11.9 Å². The fourth-order valence-electron chi connectivity index (χ4n) is 2.91. The average Bonchev–Trinajstić information content (AvgIpc) is 3.10. The molecule has 2 atom stereocenters. The van der Waals surface area contributed by atoms with Crippen molar-refractivity contribution in [1.29, 1.82) is 0 Å². The van der Waals surface area contributed by atoms with E-state index in [0.29, 0.717) is 4.88 Å². The molecule has 3 nitrogen and oxygen atoms in total. The van der Waals surface area contributed by atoms with Gasteiger partial charge >= 0.3 is 6.18 Å². The fraction of sp³-hybridized carbons (Fsp3) is 0.353. The number of nitrogens with zero attached hydrogens (tertiary/aromatic N) is 1. The summed E-state index contributed by atoms with van der Waals surface area (Å²) in [6, 6.07) is 5.34. The van der Waals surface area contributed by atoms with E-state index < -0.39 is 18.2 Å². The second kappa shape index (κ2) is 6.71. The Hall–Kier alpha value is -1.28. The largest absolute Gasteiger partial charge is 0.435 e. The Bertz CT molecular complexity index is 859. The molecule has 0 amide bonds. The smallest absolute Gasteiger partial charge is 0.374 e. The molecule has 0 radical (unpaired) electrons. The Morgan fingerprint density at radius 2 is 1.85 bits per heavy atom. The quantitative estimate of drug-likeness (QED) is 0.662. The Balaban J connectivity index is 2.02. The third-order valence-corrected chi connectivity index (χ3v) is 6.09. The highest BCUT2D eigenvalue weighted by atomic mass is 35.5. The molecule has 2 heterocycles. The summed E-state index contributed by atoms with van der Waals surface area (Å²) in [7, 11) is 0. The van der Waals surface area contributed by atoms with Gasteiger partial charge in [0.05, 0.1) is 11.3 Å². The maximum absolute atomic E-state index is 14.0. The number of hydrogen-bond donors (Lipinski definition) is 1. The highest BCUT2D eigenvalue weighted by molar-refractivity contribution is 7.14. The summed E-state index contributed by atoms with van der Waals surface area (Å²) in [4.78, 5) is 6.51. The molecule has 1 aromatic carbocycles. The molecule has 0 spiro atoms. The third-order valence-electron chi connectivity index (χ3n) is 4.17. The summed E-state index contributed by atoms with van der Waals surface area (Å²) in [5, 5.41) is 3.95. The zero-order valence-electron chi connectivity index (χ0n) is 13.8. The lowest BCUT2D eigenvalue weighted by Gasteiger charge is -2.29. The number of nitrogens with two attached hydrogens (primary N) is 1. The molecular formula is C17H15Cl2F3N2OS. The molecule has 0 saturated carbocycles. The van der Waals surface area contributed by atoms with E-state index in [2.05, 4.69) is 5.16 Å². The van der Waals surface area contributed by atoms with Crippen LogP contribution in [-0.2, 0) is 10.4 Å². The van der Waals surface area contributed by atoms with Gasteiger partial charge in [0.1, 0.15) is 5.71 Å². The van der Waals surface area contributed by atoms with Crippen molar-refractivity contribution in [2.45, 2.75) is 38.1 Å². The Kier molecular flexibility index (Phi) is 5.03. The van der Waals surface area contributed by atoms with Crippen molar-refractivity contribution >= 4 is 40.3 Å². The molecule has 0 bridgehead atoms. The van der Waals surface area contributed by atoms with Crippen LogP contribution < -0.4 is 5.73 Å². The van der Waals surface area contributed by atoms with Crippen LogP contribution in [0.1, 0.15) is 40.3 Å². The molecule has 1 aliphatic rings. The molecular weight excluding hydrogens is 408 g/mol. The van der Waals surface area contributed by atoms with Crippen LogP contribution in [0.4, 0.5) is 13.2 Å². The van der Waals surface area contributed by atoms with Crippen LogP contribution in [0.25, 0.3) is 0 Å². The second-order valence-electron chi connectivity index (χ2n) is 6.24. The summed E-state index contributed by atoms with van der Waals surface area (Å²) < 4.78 is 41.9. The molecule has 0 saturated heterocycles. The van der Waals surface area contributed by atoms with Crippen LogP contribution >= 0.6 is 34.5 Å². The fourth-order valence-corrected chi connectivity index (χ4v) is 4.55. The van der Waals surface area contributed by atoms with Crippen molar-refractivity contribution in [3.05, 3.63) is 55.2 Å². The molecule has 26 heavy (non-hydrogen) atoms. The summed E-state index contributed by atoms with van der Waals surface area (Å²) >= 11 is 13.1. The van der Waals surface area contributed by atoms with E-state index in [-0.39, 0.29) is 27.4 Å². The summed E-state index contributed by atoms with van der Waals surface area (Å²) in [6.07, 6.45) is -5.17. The molecule has 2 aromatic rings. The van der Waals surface area contributed by atoms with Gasteiger partial charge in [-0.3, -0.25) is 0 Å². The first kappa shape index (κ1) is 19.5. The number of halogens is 5. The van der Waals surface area contributed by atoms with Gasteiger partial charge in [0.15, 0.2) is 0 Å². The van der Waals surface area contributed by atoms with Crippen LogP contribution in [0.5, 0.6) is 0 Å². The predicted molar refractivity (Wildman–Crippen MR) is 98.1 cm³/mol. The minimum atomic E-state index is -4.71. The lowest BCUT2D eigenvalue weighted by atomic mass is 9.88. The highest BCUT2D eigenvalue weighted by Gasteiger charge is 2.62. The maximum atomic E-state index is 14.0. The standard InChI is InChI=1S/C17H15Cl2F3N2OS/c1-8-3-14(26-15(8)9(2)23)13-7-16(25-24-13,17(20,21)22)10-4-11(18)6-12(19)5-10/h3-6,9H,7,23H2,1-2H3. The van der Waals surface area contributed by atoms with Crippen molar-refractivity contribution in [3.63, 3.8) is 0 Å². The topological polar surface area (TPSA) is 47.6 Å². The maximum Gasteiger partial charge on any atom is 0.435 e. The Morgan fingerprint density at radius 3 is 2.35 bits per heavy atom. The molecule has 140 valence electrons. The minimum absolute atomic E-state index is 0.0967. The number of thiophene rings is 1. The zero-order valence-corrected chi connectivity index (χ0v) is 16.2. The van der Waals surface area contributed by atoms with Crippen molar-refractivity contribution in [2.24, 2.45) is 10.9 Å². The van der Waals surface area contributed by atoms with Crippen LogP contribution in [0, 0.1) is 6.92 Å². The number of rotatable bonds is 3. The van der Waals surface area contributed by atoms with Gasteiger partial charge in [-0.2, -0.15) is 13.2 Å². The van der Waals surface area contributed by atoms with Gasteiger partial charge in [0.2, 0.25) is 0 Å². The number of oxime groups is 1. The molecule has 3 rings (SSSR count). The lowest BCUT2D eigenvalue weighted by Crippen LogP contribution is -2.42. The van der Waals surface area contributed by atoms with E-state index in [9.17, 15) is 13.2 Å². The first-order chi connectivity index (χ1) is 12.0. The summed E-state index contributed by atoms with van der Waals surface area (Å²) in [6.45, 7) is 3.69. The molecule has 9 heteroatoms. The van der Waals surface area contributed by atoms with Crippen LogP contribution in [0.15, 0.2) is 29.4 Å². The van der Waals surface area contributed by atoms with Crippen molar-refractivity contribution in [1.82, 2.24) is 0 Å². The van der Waals surface area contributed by atoms with Crippen molar-refractivity contribution in [3.8, 4) is 0 Å². The second-order valence-corrected chi connectivity index (χ2v) is 8.19. The van der Waals surface area contributed by atoms with Gasteiger partial charge in [-0.1, -0.05) is 28.4 Å². The highest BCUT2D eigenvalue weighted by Crippen LogP contribution is 2.50. The monoisotopic (exact) mass is 422 g/mol. The molecule has 1 aromatic heterocycles. The van der Waals surface area contributed by atoms with Gasteiger partial charge in [0, 0.05) is 26.5 Å². The summed E-state index contributed by atoms with van der Waals surface area (Å²) in [5.41, 5.74) is 4.24. The van der Waals surface area contributed by atoms with E-state index in [1.54, 1.807) is 6.07 Å². The Labute approximate surface area is 162 Å². The van der Waals surface area contributed by atoms with Gasteiger partial charge in [-0.25, -0.2) is 0 Å². The first-order valence-corrected chi connectivity index (χ1v) is 9.25. The predicted octanol–water partition coefficient (Wildman–Crippen LogP) is 5.97. The van der Waals surface area contributed by atoms with E-state index in [1.807, 2.05) is 13.8 Å². The molecule has 2 N–H and O–H groups in total. The number of benzene rings is 1. The van der Waals surface area contributed by atoms with Crippen molar-refractivity contribution < 1.29 is 18.0 Å². The zero-order chi connectivity index (χ0) is 19.3. The Morgan fingerprint density at radius 1 is 1.23 bits per heavy atom. The summed E-state index contributed by atoms with van der Waals surface area (Å²) in [5.74, 6) is 0. The molecule has 2 unspecified atom stereocenters. The van der Waals surface area contributed by atoms with E-state index in [1.165, 1.54) is 29.5 Å². The molecule has 0 fully saturated rings. The van der Waals surface area contributed by atoms with Crippen LogP contribution in [0.2, 0.25) is 10.0 Å². The van der Waals surface area contributed by atoms with Crippen LogP contribution in [0.3, 0.4) is 0 Å². The molecule has 0 aliphatic carbocycles.